The number of benzene rings is 2. The van der Waals surface area contributed by atoms with E-state index in [2.05, 4.69) is 15.4 Å². The van der Waals surface area contributed by atoms with Crippen molar-refractivity contribution in [2.75, 3.05) is 33.8 Å². The van der Waals surface area contributed by atoms with Crippen molar-refractivity contribution in [3.05, 3.63) is 54.7 Å². The fourth-order valence-corrected chi connectivity index (χ4v) is 3.30. The Kier molecular flexibility index (Phi) is 5.30. The molecule has 0 radical (unpaired) electrons. The highest BCUT2D eigenvalue weighted by atomic mass is 16.5. The van der Waals surface area contributed by atoms with E-state index < -0.39 is 0 Å². The summed E-state index contributed by atoms with van der Waals surface area (Å²) >= 11 is 0. The van der Waals surface area contributed by atoms with Gasteiger partial charge in [0.2, 0.25) is 11.7 Å². The minimum absolute atomic E-state index is 0.420. The van der Waals surface area contributed by atoms with E-state index in [9.17, 15) is 0 Å². The summed E-state index contributed by atoms with van der Waals surface area (Å²) in [5.74, 6) is 2.79. The summed E-state index contributed by atoms with van der Waals surface area (Å²) in [6, 6.07) is 15.4. The normalized spacial score (nSPS) is 10.7. The summed E-state index contributed by atoms with van der Waals surface area (Å²) in [5, 5.41) is 7.87. The van der Waals surface area contributed by atoms with Crippen LogP contribution in [0.15, 0.2) is 54.7 Å². The van der Waals surface area contributed by atoms with Crippen LogP contribution in [0.2, 0.25) is 0 Å². The Bertz CT molecular complexity index is 1160. The van der Waals surface area contributed by atoms with Gasteiger partial charge in [-0.05, 0) is 24.3 Å². The van der Waals surface area contributed by atoms with Crippen molar-refractivity contribution in [3.8, 4) is 34.3 Å². The van der Waals surface area contributed by atoms with Crippen LogP contribution in [0, 0.1) is 0 Å². The molecule has 0 aliphatic carbocycles. The number of nitrogens with zero attached hydrogens (tertiary/aromatic N) is 3. The van der Waals surface area contributed by atoms with Crippen LogP contribution in [0.5, 0.6) is 23.0 Å². The summed E-state index contributed by atoms with van der Waals surface area (Å²) in [4.78, 5) is 4.42. The van der Waals surface area contributed by atoms with E-state index in [4.69, 9.17) is 18.9 Å². The maximum Gasteiger partial charge on any atom is 0.245 e. The smallest absolute Gasteiger partial charge is 0.245 e. The minimum Gasteiger partial charge on any atom is -0.496 e. The Morgan fingerprint density at radius 2 is 1.50 bits per heavy atom. The van der Waals surface area contributed by atoms with Crippen LogP contribution in [0.1, 0.15) is 0 Å². The Morgan fingerprint density at radius 3 is 2.17 bits per heavy atom. The summed E-state index contributed by atoms with van der Waals surface area (Å²) in [6.07, 6.45) is 1.76. The van der Waals surface area contributed by atoms with Crippen LogP contribution in [0.3, 0.4) is 0 Å². The molecule has 8 nitrogen and oxygen atoms in total. The highest BCUT2D eigenvalue weighted by Gasteiger charge is 2.15. The van der Waals surface area contributed by atoms with Gasteiger partial charge >= 0.3 is 0 Å². The molecule has 0 aliphatic heterocycles. The molecule has 30 heavy (non-hydrogen) atoms. The van der Waals surface area contributed by atoms with E-state index in [1.807, 2.05) is 40.9 Å². The Morgan fingerprint density at radius 1 is 0.800 bits per heavy atom. The molecule has 0 bridgehead atoms. The summed E-state index contributed by atoms with van der Waals surface area (Å²) in [6.45, 7) is 0. The molecule has 0 saturated heterocycles. The maximum atomic E-state index is 5.50. The lowest BCUT2D eigenvalue weighted by molar-refractivity contribution is 0.324. The third-order valence-corrected chi connectivity index (χ3v) is 4.70. The summed E-state index contributed by atoms with van der Waals surface area (Å²) < 4.78 is 23.5. The molecule has 4 rings (SSSR count). The number of hydrogen-bond acceptors (Lipinski definition) is 7. The van der Waals surface area contributed by atoms with Crippen molar-refractivity contribution in [2.24, 2.45) is 0 Å². The molecule has 2 heterocycles. The zero-order valence-electron chi connectivity index (χ0n) is 17.2. The molecule has 0 unspecified atom stereocenters. The second kappa shape index (κ2) is 8.20. The summed E-state index contributed by atoms with van der Waals surface area (Å²) in [5.41, 5.74) is 3.41. The van der Waals surface area contributed by atoms with Gasteiger partial charge in [0.05, 0.1) is 45.8 Å². The topological polar surface area (TPSA) is 79.1 Å². The molecule has 0 saturated carbocycles. The van der Waals surface area contributed by atoms with Crippen LogP contribution in [0.25, 0.3) is 16.8 Å². The fraction of sp³-hybridized carbons (Fsp3) is 0.182. The molecule has 2 aromatic heterocycles. The Labute approximate surface area is 174 Å². The molecular formula is C22H22N4O4. The van der Waals surface area contributed by atoms with Crippen LogP contribution >= 0.6 is 0 Å². The first kappa shape index (κ1) is 19.4. The predicted octanol–water partition coefficient (Wildman–Crippen LogP) is 4.17. The van der Waals surface area contributed by atoms with Gasteiger partial charge in [-0.25, -0.2) is 9.50 Å². The number of ether oxygens (including phenoxy) is 4. The molecule has 8 heteroatoms. The number of aromatic nitrogens is 3. The molecule has 1 N–H and O–H groups in total. The van der Waals surface area contributed by atoms with Gasteiger partial charge in [-0.2, -0.15) is 0 Å². The lowest BCUT2D eigenvalue weighted by Gasteiger charge is -2.14. The van der Waals surface area contributed by atoms with Crippen molar-refractivity contribution in [1.29, 1.82) is 0 Å². The maximum absolute atomic E-state index is 5.50. The molecule has 0 spiro atoms. The lowest BCUT2D eigenvalue weighted by Crippen LogP contribution is -2.04. The fourth-order valence-electron chi connectivity index (χ4n) is 3.30. The lowest BCUT2D eigenvalue weighted by atomic mass is 10.1. The van der Waals surface area contributed by atoms with Gasteiger partial charge < -0.3 is 24.3 Å². The number of fused-ring (bicyclic) bond motifs is 1. The number of methoxy groups -OCH3 is 4. The van der Waals surface area contributed by atoms with Gasteiger partial charge in [-0.3, -0.25) is 0 Å². The quantitative estimate of drug-likeness (QED) is 0.493. The molecule has 0 atom stereocenters. The molecular weight excluding hydrogens is 384 g/mol. The van der Waals surface area contributed by atoms with Crippen LogP contribution < -0.4 is 24.3 Å². The molecule has 2 aromatic carbocycles. The second-order valence-electron chi connectivity index (χ2n) is 6.38. The number of para-hydroxylation sites is 1. The van der Waals surface area contributed by atoms with E-state index in [0.717, 1.165) is 22.5 Å². The Balaban J connectivity index is 1.75. The van der Waals surface area contributed by atoms with Crippen molar-refractivity contribution < 1.29 is 18.9 Å². The highest BCUT2D eigenvalue weighted by molar-refractivity contribution is 5.72. The van der Waals surface area contributed by atoms with E-state index in [-0.39, 0.29) is 0 Å². The first-order valence-electron chi connectivity index (χ1n) is 9.23. The van der Waals surface area contributed by atoms with Gasteiger partial charge in [-0.15, -0.1) is 5.10 Å². The van der Waals surface area contributed by atoms with Gasteiger partial charge in [0.15, 0.2) is 11.5 Å². The first-order valence-corrected chi connectivity index (χ1v) is 9.23. The van der Waals surface area contributed by atoms with E-state index in [1.54, 1.807) is 46.8 Å². The van der Waals surface area contributed by atoms with Gasteiger partial charge in [0.25, 0.3) is 0 Å². The number of rotatable bonds is 7. The van der Waals surface area contributed by atoms with E-state index >= 15 is 0 Å². The van der Waals surface area contributed by atoms with Crippen molar-refractivity contribution in [2.45, 2.75) is 0 Å². The summed E-state index contributed by atoms with van der Waals surface area (Å²) in [7, 11) is 6.36. The third kappa shape index (κ3) is 3.43. The van der Waals surface area contributed by atoms with Crippen LogP contribution in [-0.4, -0.2) is 43.0 Å². The minimum atomic E-state index is 0.420. The SMILES string of the molecule is COc1ccccc1-c1ccc2cnc(Nc3cc(OC)c(OC)c(OC)c3)nn12. The van der Waals surface area contributed by atoms with Gasteiger partial charge in [-0.1, -0.05) is 12.1 Å². The van der Waals surface area contributed by atoms with E-state index in [1.165, 1.54) is 0 Å². The number of anilines is 2. The zero-order valence-corrected chi connectivity index (χ0v) is 17.2. The molecule has 154 valence electrons. The van der Waals surface area contributed by atoms with Gasteiger partial charge in [0.1, 0.15) is 5.75 Å². The molecule has 0 aliphatic rings. The zero-order chi connectivity index (χ0) is 21.1. The van der Waals surface area contributed by atoms with E-state index in [0.29, 0.717) is 28.9 Å². The average molecular weight is 406 g/mol. The standard InChI is InChI=1S/C22H22N4O4/c1-27-18-8-6-5-7-16(18)17-10-9-15-13-23-22(25-26(15)17)24-14-11-19(28-2)21(30-4)20(12-14)29-3/h5-13H,1-4H3,(H,24,25). The highest BCUT2D eigenvalue weighted by Crippen LogP contribution is 2.40. The van der Waals surface area contributed by atoms with Crippen LogP contribution in [-0.2, 0) is 0 Å². The second-order valence-corrected chi connectivity index (χ2v) is 6.38. The van der Waals surface area contributed by atoms with Crippen LogP contribution in [0.4, 0.5) is 11.6 Å². The number of hydrogen-bond donors (Lipinski definition) is 1. The number of nitrogens with one attached hydrogen (secondary N) is 1. The molecule has 0 amide bonds. The van der Waals surface area contributed by atoms with Crippen molar-refractivity contribution in [1.82, 2.24) is 14.6 Å². The Hall–Kier alpha value is -3.94. The largest absolute Gasteiger partial charge is 0.496 e. The monoisotopic (exact) mass is 406 g/mol. The predicted molar refractivity (Wildman–Crippen MR) is 114 cm³/mol. The molecule has 4 aromatic rings. The average Bonchev–Trinajstić information content (AvgIpc) is 3.21. The first-order chi connectivity index (χ1) is 14.7. The van der Waals surface area contributed by atoms with Crippen molar-refractivity contribution in [3.63, 3.8) is 0 Å². The molecule has 0 fully saturated rings. The van der Waals surface area contributed by atoms with Gasteiger partial charge in [0, 0.05) is 23.4 Å². The van der Waals surface area contributed by atoms with Crippen molar-refractivity contribution >= 4 is 17.2 Å². The third-order valence-electron chi connectivity index (χ3n) is 4.70.